The third-order valence-corrected chi connectivity index (χ3v) is 8.96. The summed E-state index contributed by atoms with van der Waals surface area (Å²) in [4.78, 5) is 17.5. The van der Waals surface area contributed by atoms with Crippen molar-refractivity contribution < 1.29 is 9.53 Å². The molecule has 178 valence electrons. The monoisotopic (exact) mass is 475 g/mol. The van der Waals surface area contributed by atoms with E-state index in [0.29, 0.717) is 19.2 Å². The molecule has 6 heteroatoms. The van der Waals surface area contributed by atoms with E-state index in [9.17, 15) is 4.79 Å². The van der Waals surface area contributed by atoms with Crippen molar-refractivity contribution in [3.63, 3.8) is 0 Å². The first-order valence-electron chi connectivity index (χ1n) is 12.8. The standard InChI is InChI=1S/C28H33N3O2S/c1-2-33-21-15-13-19(14-16-21)26-24-11-7-17-30(24)27-23(22-10-5-6-12-25(22)34-27)18-31(26)28(32)29-20-8-3-4-9-20/h7,11,13-17,20,26H,2-6,8-10,12,18H2,1H3,(H,29,32)/t26-/m1/s1. The Balaban J connectivity index is 1.45. The van der Waals surface area contributed by atoms with Gasteiger partial charge in [0.15, 0.2) is 0 Å². The fourth-order valence-electron chi connectivity index (χ4n) is 5.98. The number of hydrogen-bond acceptors (Lipinski definition) is 3. The number of hydrogen-bond donors (Lipinski definition) is 1. The molecular weight excluding hydrogens is 442 g/mol. The largest absolute Gasteiger partial charge is 0.494 e. The van der Waals surface area contributed by atoms with E-state index < -0.39 is 0 Å². The second kappa shape index (κ2) is 9.14. The molecule has 1 aromatic carbocycles. The second-order valence-electron chi connectivity index (χ2n) is 9.76. The molecule has 0 bridgehead atoms. The van der Waals surface area contributed by atoms with Crippen LogP contribution in [0.3, 0.4) is 0 Å². The Bertz CT molecular complexity index is 1170. The molecule has 2 aromatic heterocycles. The van der Waals surface area contributed by atoms with Gasteiger partial charge in [-0.15, -0.1) is 11.3 Å². The van der Waals surface area contributed by atoms with Gasteiger partial charge in [0.1, 0.15) is 10.8 Å². The molecule has 1 aliphatic heterocycles. The quantitative estimate of drug-likeness (QED) is 0.476. The predicted octanol–water partition coefficient (Wildman–Crippen LogP) is 6.37. The van der Waals surface area contributed by atoms with Crippen LogP contribution in [0.2, 0.25) is 0 Å². The number of ether oxygens (including phenoxy) is 1. The highest BCUT2D eigenvalue weighted by Crippen LogP contribution is 2.44. The molecule has 2 amide bonds. The number of benzene rings is 1. The van der Waals surface area contributed by atoms with Crippen LogP contribution in [0.15, 0.2) is 42.6 Å². The number of urea groups is 1. The lowest BCUT2D eigenvalue weighted by atomic mass is 9.95. The van der Waals surface area contributed by atoms with Crippen molar-refractivity contribution in [2.75, 3.05) is 6.61 Å². The summed E-state index contributed by atoms with van der Waals surface area (Å²) < 4.78 is 8.04. The number of rotatable bonds is 4. The van der Waals surface area contributed by atoms with Crippen LogP contribution >= 0.6 is 11.3 Å². The summed E-state index contributed by atoms with van der Waals surface area (Å²) in [6, 6.07) is 12.8. The van der Waals surface area contributed by atoms with E-state index in [-0.39, 0.29) is 12.1 Å². The van der Waals surface area contributed by atoms with Crippen molar-refractivity contribution in [1.82, 2.24) is 14.8 Å². The predicted molar refractivity (Wildman–Crippen MR) is 136 cm³/mol. The van der Waals surface area contributed by atoms with E-state index >= 15 is 0 Å². The van der Waals surface area contributed by atoms with Crippen LogP contribution in [0, 0.1) is 0 Å². The Morgan fingerprint density at radius 2 is 1.85 bits per heavy atom. The maximum atomic E-state index is 13.9. The molecule has 1 saturated carbocycles. The molecule has 5 nitrogen and oxygen atoms in total. The smallest absolute Gasteiger partial charge is 0.318 e. The first kappa shape index (κ1) is 21.8. The zero-order valence-corrected chi connectivity index (χ0v) is 20.7. The highest BCUT2D eigenvalue weighted by molar-refractivity contribution is 7.15. The number of carbonyl (C=O) groups is 1. The molecule has 2 aliphatic carbocycles. The second-order valence-corrected chi connectivity index (χ2v) is 10.8. The van der Waals surface area contributed by atoms with Gasteiger partial charge in [0.05, 0.1) is 24.9 Å². The minimum absolute atomic E-state index is 0.0575. The first-order chi connectivity index (χ1) is 16.7. The van der Waals surface area contributed by atoms with Gasteiger partial charge >= 0.3 is 6.03 Å². The number of amides is 2. The summed E-state index contributed by atoms with van der Waals surface area (Å²) in [7, 11) is 0. The third-order valence-electron chi connectivity index (χ3n) is 7.63. The lowest BCUT2D eigenvalue weighted by Gasteiger charge is -2.32. The molecule has 6 rings (SSSR count). The van der Waals surface area contributed by atoms with Crippen molar-refractivity contribution in [2.24, 2.45) is 0 Å². The lowest BCUT2D eigenvalue weighted by Crippen LogP contribution is -2.45. The highest BCUT2D eigenvalue weighted by atomic mass is 32.1. The van der Waals surface area contributed by atoms with Gasteiger partial charge in [0.2, 0.25) is 0 Å². The van der Waals surface area contributed by atoms with Crippen LogP contribution in [-0.4, -0.2) is 28.1 Å². The Hall–Kier alpha value is -2.73. The summed E-state index contributed by atoms with van der Waals surface area (Å²) >= 11 is 1.94. The summed E-state index contributed by atoms with van der Waals surface area (Å²) in [5.41, 5.74) is 5.13. The van der Waals surface area contributed by atoms with E-state index in [2.05, 4.69) is 45.2 Å². The maximum absolute atomic E-state index is 13.9. The molecule has 0 spiro atoms. The summed E-state index contributed by atoms with van der Waals surface area (Å²) in [6.07, 6.45) is 11.6. The Labute approximate surface area is 205 Å². The van der Waals surface area contributed by atoms with Gasteiger partial charge in [-0.1, -0.05) is 25.0 Å². The number of thiophene rings is 1. The fraction of sp³-hybridized carbons (Fsp3) is 0.464. The summed E-state index contributed by atoms with van der Waals surface area (Å²) in [5.74, 6) is 0.866. The molecule has 34 heavy (non-hydrogen) atoms. The van der Waals surface area contributed by atoms with Gasteiger partial charge in [-0.25, -0.2) is 4.79 Å². The molecule has 3 aliphatic rings. The molecule has 3 aromatic rings. The Morgan fingerprint density at radius 1 is 1.06 bits per heavy atom. The van der Waals surface area contributed by atoms with Crippen molar-refractivity contribution >= 4 is 17.4 Å². The number of carbonyl (C=O) groups excluding carboxylic acids is 1. The zero-order chi connectivity index (χ0) is 23.1. The molecule has 0 saturated heterocycles. The van der Waals surface area contributed by atoms with Crippen LogP contribution in [0.5, 0.6) is 5.75 Å². The van der Waals surface area contributed by atoms with Crippen LogP contribution in [0.4, 0.5) is 4.79 Å². The van der Waals surface area contributed by atoms with Gasteiger partial charge in [-0.2, -0.15) is 0 Å². The Kier molecular flexibility index (Phi) is 5.85. The van der Waals surface area contributed by atoms with Crippen molar-refractivity contribution in [1.29, 1.82) is 0 Å². The summed E-state index contributed by atoms with van der Waals surface area (Å²) in [5, 5.41) is 4.69. The molecule has 0 unspecified atom stereocenters. The molecule has 1 N–H and O–H groups in total. The molecule has 3 heterocycles. The van der Waals surface area contributed by atoms with Gasteiger partial charge < -0.3 is 19.5 Å². The van der Waals surface area contributed by atoms with E-state index in [1.54, 1.807) is 0 Å². The third kappa shape index (κ3) is 3.82. The molecular formula is C28H33N3O2S. The number of aryl methyl sites for hydroxylation is 1. The van der Waals surface area contributed by atoms with E-state index in [0.717, 1.165) is 36.3 Å². The van der Waals surface area contributed by atoms with Crippen LogP contribution in [0.1, 0.15) is 78.8 Å². The minimum Gasteiger partial charge on any atom is -0.494 e. The van der Waals surface area contributed by atoms with E-state index in [1.807, 2.05) is 30.4 Å². The summed E-state index contributed by atoms with van der Waals surface area (Å²) in [6.45, 7) is 3.30. The number of fused-ring (bicyclic) bond motifs is 5. The number of aromatic nitrogens is 1. The average molecular weight is 476 g/mol. The first-order valence-corrected chi connectivity index (χ1v) is 13.7. The van der Waals surface area contributed by atoms with Crippen LogP contribution < -0.4 is 10.1 Å². The lowest BCUT2D eigenvalue weighted by molar-refractivity contribution is 0.176. The average Bonchev–Trinajstić information content (AvgIpc) is 3.59. The SMILES string of the molecule is CCOc1ccc([C@@H]2c3cccn3-c3sc4c(c3CN2C(=O)NC2CCCC2)CCCC4)cc1. The zero-order valence-electron chi connectivity index (χ0n) is 19.9. The van der Waals surface area contributed by atoms with Crippen molar-refractivity contribution in [2.45, 2.75) is 76.9 Å². The normalized spacial score (nSPS) is 19.8. The number of nitrogens with zero attached hydrogens (tertiary/aromatic N) is 2. The molecule has 0 radical (unpaired) electrons. The Morgan fingerprint density at radius 3 is 2.65 bits per heavy atom. The fourth-order valence-corrected chi connectivity index (χ4v) is 7.38. The van der Waals surface area contributed by atoms with E-state index in [1.165, 1.54) is 53.1 Å². The minimum atomic E-state index is -0.147. The highest BCUT2D eigenvalue weighted by Gasteiger charge is 2.36. The van der Waals surface area contributed by atoms with Crippen LogP contribution in [-0.2, 0) is 19.4 Å². The van der Waals surface area contributed by atoms with Gasteiger partial charge in [-0.05, 0) is 80.8 Å². The molecule has 1 atom stereocenters. The van der Waals surface area contributed by atoms with Crippen molar-refractivity contribution in [3.05, 3.63) is 69.9 Å². The topological polar surface area (TPSA) is 46.5 Å². The van der Waals surface area contributed by atoms with Crippen LogP contribution in [0.25, 0.3) is 5.00 Å². The van der Waals surface area contributed by atoms with Gasteiger partial charge in [-0.3, -0.25) is 0 Å². The van der Waals surface area contributed by atoms with Crippen molar-refractivity contribution in [3.8, 4) is 10.8 Å². The van der Waals surface area contributed by atoms with Gasteiger partial charge in [0, 0.05) is 22.7 Å². The van der Waals surface area contributed by atoms with Gasteiger partial charge in [0.25, 0.3) is 0 Å². The molecule has 1 fully saturated rings. The maximum Gasteiger partial charge on any atom is 0.318 e. The van der Waals surface area contributed by atoms with E-state index in [4.69, 9.17) is 4.74 Å². The number of nitrogens with one attached hydrogen (secondary N) is 1.